The van der Waals surface area contributed by atoms with Crippen LogP contribution in [0.25, 0.3) is 0 Å². The Kier molecular flexibility index (Phi) is 4.90. The van der Waals surface area contributed by atoms with Crippen LogP contribution in [0.2, 0.25) is 5.02 Å². The maximum atomic E-state index is 12.6. The second-order valence-corrected chi connectivity index (χ2v) is 7.01. The Morgan fingerprint density at radius 3 is 2.85 bits per heavy atom. The molecule has 0 N–H and O–H groups in total. The fourth-order valence-electron chi connectivity index (χ4n) is 3.30. The van der Waals surface area contributed by atoms with Crippen LogP contribution in [-0.2, 0) is 0 Å². The molecule has 1 fully saturated rings. The van der Waals surface area contributed by atoms with Gasteiger partial charge in [-0.2, -0.15) is 0 Å². The first-order valence-corrected chi connectivity index (χ1v) is 9.25. The molecule has 1 aromatic heterocycles. The Labute approximate surface area is 161 Å². The van der Waals surface area contributed by atoms with Gasteiger partial charge in [0, 0.05) is 24.8 Å². The Bertz CT molecular complexity index is 936. The molecule has 0 radical (unpaired) electrons. The Hall–Kier alpha value is -2.73. The lowest BCUT2D eigenvalue weighted by Gasteiger charge is -2.17. The lowest BCUT2D eigenvalue weighted by molar-refractivity contribution is 0.0792. The number of rotatable bonds is 4. The number of ether oxygens (including phenoxy) is 1. The molecule has 0 unspecified atom stereocenters. The molecule has 0 bridgehead atoms. The third-order valence-electron chi connectivity index (χ3n) is 4.71. The quantitative estimate of drug-likeness (QED) is 0.806. The molecule has 3 heterocycles. The molecular weight excluding hydrogens is 366 g/mol. The van der Waals surface area contributed by atoms with E-state index in [4.69, 9.17) is 16.3 Å². The topological polar surface area (TPSA) is 71.9 Å². The van der Waals surface area contributed by atoms with Crippen molar-refractivity contribution in [1.29, 1.82) is 0 Å². The van der Waals surface area contributed by atoms with Crippen LogP contribution in [0.15, 0.2) is 41.7 Å². The van der Waals surface area contributed by atoms with E-state index in [1.807, 2.05) is 0 Å². The first kappa shape index (κ1) is 17.7. The van der Waals surface area contributed by atoms with Crippen molar-refractivity contribution in [2.45, 2.75) is 19.3 Å². The smallest absolute Gasteiger partial charge is 0.255 e. The molecule has 0 atom stereocenters. The molecule has 2 aromatic rings. The Balaban J connectivity index is 1.49. The van der Waals surface area contributed by atoms with Gasteiger partial charge in [-0.1, -0.05) is 11.6 Å². The van der Waals surface area contributed by atoms with Crippen LogP contribution in [0.4, 0.5) is 5.69 Å². The summed E-state index contributed by atoms with van der Waals surface area (Å²) in [6.07, 6.45) is 5.40. The van der Waals surface area contributed by atoms with Crippen LogP contribution < -0.4 is 4.74 Å². The molecule has 2 aliphatic heterocycles. The summed E-state index contributed by atoms with van der Waals surface area (Å²) in [4.78, 5) is 35.1. The number of aromatic nitrogens is 1. The standard InChI is InChI=1S/C20H18ClN3O3/c21-17-4-3-14(10-16(17)20(26)24-7-1-2-8-24)27-12-13-9-19(25)15-5-6-22-11-18(15)23-13/h3-6,10-11H,1-2,7-9,12H2. The van der Waals surface area contributed by atoms with Crippen LogP contribution in [0, 0.1) is 0 Å². The summed E-state index contributed by atoms with van der Waals surface area (Å²) in [6.45, 7) is 1.68. The molecule has 0 aliphatic carbocycles. The number of pyridine rings is 1. The van der Waals surface area contributed by atoms with Crippen LogP contribution in [0.5, 0.6) is 5.75 Å². The van der Waals surface area contributed by atoms with Crippen molar-refractivity contribution < 1.29 is 14.3 Å². The number of likely N-dealkylation sites (tertiary alicyclic amines) is 1. The second kappa shape index (κ2) is 7.48. The number of carbonyl (C=O) groups is 2. The number of amides is 1. The van der Waals surface area contributed by atoms with Crippen molar-refractivity contribution >= 4 is 34.7 Å². The Morgan fingerprint density at radius 1 is 1.22 bits per heavy atom. The van der Waals surface area contributed by atoms with E-state index >= 15 is 0 Å². The summed E-state index contributed by atoms with van der Waals surface area (Å²) in [5.41, 5.74) is 2.21. The first-order chi connectivity index (χ1) is 13.1. The number of Topliss-reactive ketones (excluding diaryl/α,β-unsaturated/α-hetero) is 1. The largest absolute Gasteiger partial charge is 0.488 e. The van der Waals surface area contributed by atoms with Gasteiger partial charge >= 0.3 is 0 Å². The maximum absolute atomic E-state index is 12.6. The van der Waals surface area contributed by atoms with Crippen molar-refractivity contribution in [1.82, 2.24) is 9.88 Å². The zero-order chi connectivity index (χ0) is 18.8. The van der Waals surface area contributed by atoms with Gasteiger partial charge in [0.05, 0.1) is 34.6 Å². The molecule has 2 aliphatic rings. The maximum Gasteiger partial charge on any atom is 0.255 e. The van der Waals surface area contributed by atoms with Gasteiger partial charge in [-0.05, 0) is 37.1 Å². The summed E-state index contributed by atoms with van der Waals surface area (Å²) in [7, 11) is 0. The molecule has 4 rings (SSSR count). The van der Waals surface area contributed by atoms with Crippen molar-refractivity contribution in [3.05, 3.63) is 52.8 Å². The molecule has 0 saturated carbocycles. The normalized spacial score (nSPS) is 16.1. The van der Waals surface area contributed by atoms with Gasteiger partial charge in [0.15, 0.2) is 5.78 Å². The number of hydrogen-bond donors (Lipinski definition) is 0. The van der Waals surface area contributed by atoms with Gasteiger partial charge in [0.25, 0.3) is 5.91 Å². The van der Waals surface area contributed by atoms with Gasteiger partial charge in [-0.25, -0.2) is 0 Å². The number of ketones is 1. The Morgan fingerprint density at radius 2 is 2.04 bits per heavy atom. The molecule has 7 heteroatoms. The number of nitrogens with zero attached hydrogens (tertiary/aromatic N) is 3. The highest BCUT2D eigenvalue weighted by atomic mass is 35.5. The molecule has 0 spiro atoms. The third-order valence-corrected chi connectivity index (χ3v) is 5.04. The summed E-state index contributed by atoms with van der Waals surface area (Å²) in [5, 5.41) is 0.407. The first-order valence-electron chi connectivity index (χ1n) is 8.87. The van der Waals surface area contributed by atoms with Gasteiger partial charge in [0.2, 0.25) is 0 Å². The number of aliphatic imine (C=N–C) groups is 1. The average Bonchev–Trinajstić information content (AvgIpc) is 3.22. The minimum Gasteiger partial charge on any atom is -0.488 e. The highest BCUT2D eigenvalue weighted by Crippen LogP contribution is 2.27. The van der Waals surface area contributed by atoms with Crippen molar-refractivity contribution in [2.24, 2.45) is 4.99 Å². The predicted octanol–water partition coefficient (Wildman–Crippen LogP) is 3.71. The van der Waals surface area contributed by atoms with E-state index in [-0.39, 0.29) is 24.7 Å². The fraction of sp³-hybridized carbons (Fsp3) is 0.300. The summed E-state index contributed by atoms with van der Waals surface area (Å²) in [5.74, 6) is 0.448. The van der Waals surface area contributed by atoms with E-state index in [0.29, 0.717) is 33.3 Å². The van der Waals surface area contributed by atoms with Crippen LogP contribution >= 0.6 is 11.6 Å². The average molecular weight is 384 g/mol. The monoisotopic (exact) mass is 383 g/mol. The number of fused-ring (bicyclic) bond motifs is 1. The minimum atomic E-state index is -0.0758. The number of hydrogen-bond acceptors (Lipinski definition) is 5. The highest BCUT2D eigenvalue weighted by molar-refractivity contribution is 6.33. The second-order valence-electron chi connectivity index (χ2n) is 6.60. The molecule has 1 saturated heterocycles. The van der Waals surface area contributed by atoms with E-state index in [1.165, 1.54) is 0 Å². The van der Waals surface area contributed by atoms with Crippen LogP contribution in [-0.4, -0.2) is 47.0 Å². The minimum absolute atomic E-state index is 0.00186. The number of benzene rings is 1. The SMILES string of the molecule is O=C1CC(COc2ccc(Cl)c(C(=O)N3CCCC3)c2)=Nc2cnccc21. The van der Waals surface area contributed by atoms with Gasteiger partial charge in [-0.15, -0.1) is 0 Å². The van der Waals surface area contributed by atoms with Gasteiger partial charge in [-0.3, -0.25) is 19.6 Å². The predicted molar refractivity (Wildman–Crippen MR) is 102 cm³/mol. The molecule has 1 aromatic carbocycles. The molecule has 1 amide bonds. The van der Waals surface area contributed by atoms with E-state index in [1.54, 1.807) is 41.6 Å². The summed E-state index contributed by atoms with van der Waals surface area (Å²) >= 11 is 6.22. The molecule has 27 heavy (non-hydrogen) atoms. The third kappa shape index (κ3) is 3.71. The lowest BCUT2D eigenvalue weighted by atomic mass is 10.0. The highest BCUT2D eigenvalue weighted by Gasteiger charge is 2.23. The zero-order valence-corrected chi connectivity index (χ0v) is 15.4. The van der Waals surface area contributed by atoms with E-state index in [2.05, 4.69) is 9.98 Å². The molecule has 6 nitrogen and oxygen atoms in total. The molecular formula is C20H18ClN3O3. The zero-order valence-electron chi connectivity index (χ0n) is 14.7. The van der Waals surface area contributed by atoms with Crippen LogP contribution in [0.3, 0.4) is 0 Å². The molecule has 138 valence electrons. The lowest BCUT2D eigenvalue weighted by Crippen LogP contribution is -2.27. The van der Waals surface area contributed by atoms with Crippen LogP contribution in [0.1, 0.15) is 40.0 Å². The summed E-state index contributed by atoms with van der Waals surface area (Å²) < 4.78 is 5.78. The van der Waals surface area contributed by atoms with Crippen molar-refractivity contribution in [3.8, 4) is 5.75 Å². The van der Waals surface area contributed by atoms with E-state index < -0.39 is 0 Å². The van der Waals surface area contributed by atoms with Gasteiger partial charge < -0.3 is 9.64 Å². The van der Waals surface area contributed by atoms with E-state index in [0.717, 1.165) is 25.9 Å². The van der Waals surface area contributed by atoms with E-state index in [9.17, 15) is 9.59 Å². The number of carbonyl (C=O) groups excluding carboxylic acids is 2. The fourth-order valence-corrected chi connectivity index (χ4v) is 3.50. The van der Waals surface area contributed by atoms with Crippen molar-refractivity contribution in [2.75, 3.05) is 19.7 Å². The summed E-state index contributed by atoms with van der Waals surface area (Å²) in [6, 6.07) is 6.70. The number of halogens is 1. The van der Waals surface area contributed by atoms with Gasteiger partial charge in [0.1, 0.15) is 12.4 Å². The van der Waals surface area contributed by atoms with Crippen molar-refractivity contribution in [3.63, 3.8) is 0 Å².